The van der Waals surface area contributed by atoms with Gasteiger partial charge in [-0.05, 0) is 0 Å². The molecule has 1 nitrogen and oxygen atoms in total. The molecule has 0 aromatic heterocycles. The van der Waals surface area contributed by atoms with Crippen molar-refractivity contribution in [2.75, 3.05) is 0 Å². The smallest absolute Gasteiger partial charge is 0.165 e. The first-order valence-corrected chi connectivity index (χ1v) is 3.62. The zero-order chi connectivity index (χ0) is 4.99. The van der Waals surface area contributed by atoms with Crippen molar-refractivity contribution in [2.45, 2.75) is 0 Å². The van der Waals surface area contributed by atoms with Crippen molar-refractivity contribution < 1.29 is 3.87 Å². The maximum Gasteiger partial charge on any atom is 0.165 e. The molecule has 0 rings (SSSR count). The Hall–Kier alpha value is 0.967. The van der Waals surface area contributed by atoms with E-state index in [1.54, 1.807) is 0 Å². The molecule has 0 bridgehead atoms. The monoisotopic (exact) mass is 156 g/mol. The zero-order valence-corrected chi connectivity index (χ0v) is 7.70. The first-order chi connectivity index (χ1) is 2.77. The molecule has 0 saturated carbocycles. The maximum atomic E-state index is 4.64. The van der Waals surface area contributed by atoms with Gasteiger partial charge in [-0.15, -0.1) is 12.6 Å². The fraction of sp³-hybridized carbons (Fsp3) is 0. The topological polar surface area (TPSA) is 9.23 Å². The van der Waals surface area contributed by atoms with Gasteiger partial charge in [0.15, 0.2) is 10.5 Å². The molecule has 0 aromatic rings. The third kappa shape index (κ3) is 4.97. The molecule has 0 N–H and O–H groups in total. The van der Waals surface area contributed by atoms with E-state index in [4.69, 9.17) is 0 Å². The van der Waals surface area contributed by atoms with Gasteiger partial charge in [-0.1, -0.05) is 12.2 Å². The lowest BCUT2D eigenvalue weighted by atomic mass is 11.9. The summed E-state index contributed by atoms with van der Waals surface area (Å²) in [6, 6.07) is 0. The Kier molecular flexibility index (Phi) is 4.80. The van der Waals surface area contributed by atoms with E-state index in [0.717, 1.165) is 12.0 Å². The van der Waals surface area contributed by atoms with Gasteiger partial charge in [0.25, 0.3) is 0 Å². The fourth-order valence-electron chi connectivity index (χ4n) is 0.0713. The van der Waals surface area contributed by atoms with Gasteiger partial charge in [-0.2, -0.15) is 0 Å². The van der Waals surface area contributed by atoms with Crippen molar-refractivity contribution in [3.8, 4) is 0 Å². The van der Waals surface area contributed by atoms with Gasteiger partial charge in [0, 0.05) is 12.0 Å². The van der Waals surface area contributed by atoms with Crippen LogP contribution in [0.1, 0.15) is 0 Å². The highest BCUT2D eigenvalue weighted by Gasteiger charge is 1.80. The summed E-state index contributed by atoms with van der Waals surface area (Å²) in [6.45, 7) is 0. The molecule has 0 radical (unpaired) electrons. The molecule has 5 heteroatoms. The fourth-order valence-corrected chi connectivity index (χ4v) is 1.92. The van der Waals surface area contributed by atoms with Crippen LogP contribution in [0.2, 0.25) is 0 Å². The molecule has 0 aliphatic rings. The summed E-state index contributed by atoms with van der Waals surface area (Å²) in [5.41, 5.74) is 0. The Labute approximate surface area is 55.0 Å². The molecule has 0 atom stereocenters. The van der Waals surface area contributed by atoms with Crippen LogP contribution in [0.15, 0.2) is 0 Å². The van der Waals surface area contributed by atoms with E-state index < -0.39 is 0 Å². The third-order valence-corrected chi connectivity index (χ3v) is 1.39. The molecule has 0 heterocycles. The maximum absolute atomic E-state index is 4.64. The second-order valence-corrected chi connectivity index (χ2v) is 4.14. The average molecular weight is 156 g/mol. The lowest BCUT2D eigenvalue weighted by Gasteiger charge is -1.86. The molecule has 0 spiro atoms. The second kappa shape index (κ2) is 4.13. The van der Waals surface area contributed by atoms with Gasteiger partial charge in [0.2, 0.25) is 0 Å². The Morgan fingerprint density at radius 3 is 2.50 bits per heavy atom. The number of hydrogen-bond donors (Lipinski definition) is 1. The van der Waals surface area contributed by atoms with E-state index in [0.29, 0.717) is 14.0 Å². The average Bonchev–Trinajstić information content (AvgIpc) is 1.35. The standard InChI is InChI=1S/CH4OS3Si/c3-1(4)5-2-6/h6H3,(H,3,4). The molecule has 0 aliphatic carbocycles. The Morgan fingerprint density at radius 1 is 2.00 bits per heavy atom. The molecular formula is CH4OS3Si. The van der Waals surface area contributed by atoms with Crippen LogP contribution in [-0.2, 0) is 3.87 Å². The Balaban J connectivity index is 2.83. The molecule has 0 saturated heterocycles. The first-order valence-electron chi connectivity index (χ1n) is 1.21. The van der Waals surface area contributed by atoms with Crippen LogP contribution in [0.3, 0.4) is 0 Å². The third-order valence-electron chi connectivity index (χ3n) is 0.155. The van der Waals surface area contributed by atoms with Crippen molar-refractivity contribution in [1.82, 2.24) is 0 Å². The van der Waals surface area contributed by atoms with Crippen molar-refractivity contribution in [1.29, 1.82) is 0 Å². The summed E-state index contributed by atoms with van der Waals surface area (Å²) in [5.74, 6) is 0. The van der Waals surface area contributed by atoms with Crippen LogP contribution >= 0.6 is 36.9 Å². The number of hydrogen-bond acceptors (Lipinski definition) is 3. The van der Waals surface area contributed by atoms with Gasteiger partial charge in [-0.3, -0.25) is 0 Å². The summed E-state index contributed by atoms with van der Waals surface area (Å²) < 4.78 is 5.19. The van der Waals surface area contributed by atoms with Crippen LogP contribution < -0.4 is 0 Å². The minimum atomic E-state index is 0.546. The summed E-state index contributed by atoms with van der Waals surface area (Å²) in [4.78, 5) is 0. The predicted octanol–water partition coefficient (Wildman–Crippen LogP) is 0.146. The van der Waals surface area contributed by atoms with E-state index in [2.05, 4.69) is 28.7 Å². The molecule has 0 unspecified atom stereocenters. The summed E-state index contributed by atoms with van der Waals surface area (Å²) >= 11 is 9.43. The SMILES string of the molecule is [SiH3]OSC(=S)S. The molecule has 6 heavy (non-hydrogen) atoms. The Bertz CT molecular complexity index is 54.8. The van der Waals surface area contributed by atoms with E-state index in [9.17, 15) is 0 Å². The van der Waals surface area contributed by atoms with Crippen molar-refractivity contribution >= 4 is 50.9 Å². The second-order valence-electron chi connectivity index (χ2n) is 0.516. The quantitative estimate of drug-likeness (QED) is 0.251. The highest BCUT2D eigenvalue weighted by Crippen LogP contribution is 2.04. The van der Waals surface area contributed by atoms with Crippen LogP contribution in [0, 0.1) is 0 Å². The minimum Gasteiger partial charge on any atom is -0.364 e. The predicted molar refractivity (Wildman–Crippen MR) is 40.2 cm³/mol. The number of thiol groups is 1. The summed E-state index contributed by atoms with van der Waals surface area (Å²) in [5, 5.41) is 0. The first kappa shape index (κ1) is 6.97. The normalized spacial score (nSPS) is 8.83. The van der Waals surface area contributed by atoms with Crippen molar-refractivity contribution in [3.05, 3.63) is 0 Å². The van der Waals surface area contributed by atoms with E-state index in [-0.39, 0.29) is 0 Å². The highest BCUT2D eigenvalue weighted by molar-refractivity contribution is 8.40. The van der Waals surface area contributed by atoms with E-state index in [1.165, 1.54) is 0 Å². The molecule has 36 valence electrons. The van der Waals surface area contributed by atoms with Crippen molar-refractivity contribution in [3.63, 3.8) is 0 Å². The summed E-state index contributed by atoms with van der Waals surface area (Å²) in [7, 11) is 0.713. The number of rotatable bonds is 1. The lowest BCUT2D eigenvalue weighted by molar-refractivity contribution is 0.735. The van der Waals surface area contributed by atoms with E-state index in [1.807, 2.05) is 0 Å². The van der Waals surface area contributed by atoms with Crippen LogP contribution in [-0.4, -0.2) is 14.0 Å². The molecule has 0 aliphatic heterocycles. The molecule has 0 amide bonds. The zero-order valence-electron chi connectivity index (χ0n) is 3.17. The largest absolute Gasteiger partial charge is 0.364 e. The lowest BCUT2D eigenvalue weighted by Crippen LogP contribution is -1.71. The van der Waals surface area contributed by atoms with Gasteiger partial charge in [-0.25, -0.2) is 0 Å². The van der Waals surface area contributed by atoms with Gasteiger partial charge in [0.1, 0.15) is 3.53 Å². The van der Waals surface area contributed by atoms with E-state index >= 15 is 0 Å². The van der Waals surface area contributed by atoms with Gasteiger partial charge < -0.3 is 3.87 Å². The highest BCUT2D eigenvalue weighted by atomic mass is 32.2. The van der Waals surface area contributed by atoms with Crippen molar-refractivity contribution in [2.24, 2.45) is 0 Å². The van der Waals surface area contributed by atoms with Crippen LogP contribution in [0.25, 0.3) is 0 Å². The summed E-state index contributed by atoms with van der Waals surface area (Å²) in [6.07, 6.45) is 0. The molecule has 0 fully saturated rings. The van der Waals surface area contributed by atoms with Crippen LogP contribution in [0.5, 0.6) is 0 Å². The number of thiocarbonyl (C=S) groups is 1. The van der Waals surface area contributed by atoms with Crippen LogP contribution in [0.4, 0.5) is 0 Å². The van der Waals surface area contributed by atoms with Gasteiger partial charge >= 0.3 is 0 Å². The molecular weight excluding hydrogens is 152 g/mol. The molecule has 0 aromatic carbocycles. The van der Waals surface area contributed by atoms with Gasteiger partial charge in [0.05, 0.1) is 0 Å². The Morgan fingerprint density at radius 2 is 2.50 bits per heavy atom. The minimum absolute atomic E-state index is 0.546.